The maximum Gasteiger partial charge on any atom is 0.315 e. The molecule has 0 aromatic heterocycles. The number of aliphatic hydroxyl groups excluding tert-OH is 2. The molecule has 1 spiro atoms. The summed E-state index contributed by atoms with van der Waals surface area (Å²) in [5, 5.41) is 31.9. The summed E-state index contributed by atoms with van der Waals surface area (Å²) in [6.07, 6.45) is 1.29. The Bertz CT molecular complexity index is 717. The van der Waals surface area contributed by atoms with Crippen LogP contribution >= 0.6 is 0 Å². The van der Waals surface area contributed by atoms with E-state index in [-0.39, 0.29) is 11.8 Å². The molecule has 0 aromatic rings. The van der Waals surface area contributed by atoms with E-state index < -0.39 is 52.4 Å². The van der Waals surface area contributed by atoms with Crippen LogP contribution in [0.25, 0.3) is 0 Å². The molecule has 25 heavy (non-hydrogen) atoms. The summed E-state index contributed by atoms with van der Waals surface area (Å²) < 4.78 is 5.95. The average Bonchev–Trinajstić information content (AvgIpc) is 3.00. The van der Waals surface area contributed by atoms with E-state index in [1.807, 2.05) is 0 Å². The quantitative estimate of drug-likeness (QED) is 0.484. The molecule has 9 atom stereocenters. The Morgan fingerprint density at radius 3 is 2.68 bits per heavy atom. The second-order valence-electron chi connectivity index (χ2n) is 9.10. The summed E-state index contributed by atoms with van der Waals surface area (Å²) >= 11 is 0. The summed E-state index contributed by atoms with van der Waals surface area (Å²) in [6.45, 7) is 5.71. The Labute approximate surface area is 145 Å². The van der Waals surface area contributed by atoms with Gasteiger partial charge in [-0.25, -0.2) is 0 Å². The molecule has 1 aliphatic heterocycles. The van der Waals surface area contributed by atoms with Crippen LogP contribution in [0.15, 0.2) is 12.2 Å². The third-order valence-corrected chi connectivity index (χ3v) is 8.60. The van der Waals surface area contributed by atoms with Gasteiger partial charge in [-0.1, -0.05) is 6.58 Å². The highest BCUT2D eigenvalue weighted by molar-refractivity contribution is 5.85. The molecule has 0 unspecified atom stereocenters. The number of rotatable bonds is 1. The largest absolute Gasteiger partial charge is 0.481 e. The monoisotopic (exact) mass is 348 g/mol. The summed E-state index contributed by atoms with van der Waals surface area (Å²) in [5.41, 5.74) is -2.18. The Hall–Kier alpha value is -1.40. The van der Waals surface area contributed by atoms with Crippen molar-refractivity contribution in [2.75, 3.05) is 0 Å². The highest BCUT2D eigenvalue weighted by Gasteiger charge is 2.84. The standard InChI is InChI=1S/C19H24O6/c1-8-9-3-4-10-18(7-9,14(8)21)12(15(22)23)13-17(2)11(20)5-6-19(10,13)25-16(17)24/h9-14,20-21H,1,3-7H2,2H3,(H,22,23)/t9-,10-,11-,12-,13-,14-,17+,18-,19-/m1/s1. The molecule has 4 bridgehead atoms. The van der Waals surface area contributed by atoms with Gasteiger partial charge in [0.2, 0.25) is 0 Å². The first-order chi connectivity index (χ1) is 11.7. The van der Waals surface area contributed by atoms with Crippen molar-refractivity contribution < 1.29 is 29.6 Å². The van der Waals surface area contributed by atoms with Gasteiger partial charge in [0, 0.05) is 17.3 Å². The molecule has 0 radical (unpaired) electrons. The van der Waals surface area contributed by atoms with Gasteiger partial charge < -0.3 is 20.1 Å². The van der Waals surface area contributed by atoms with Crippen molar-refractivity contribution in [1.82, 2.24) is 0 Å². The minimum atomic E-state index is -1.22. The number of carbonyl (C=O) groups excluding carboxylic acids is 1. The number of carboxylic acid groups (broad SMARTS) is 1. The van der Waals surface area contributed by atoms with E-state index in [4.69, 9.17) is 4.74 Å². The number of hydrogen-bond acceptors (Lipinski definition) is 5. The van der Waals surface area contributed by atoms with Crippen LogP contribution in [0, 0.1) is 34.5 Å². The van der Waals surface area contributed by atoms with E-state index in [0.717, 1.165) is 18.4 Å². The van der Waals surface area contributed by atoms with Crippen molar-refractivity contribution in [2.45, 2.75) is 56.8 Å². The lowest BCUT2D eigenvalue weighted by atomic mass is 9.59. The summed E-state index contributed by atoms with van der Waals surface area (Å²) in [4.78, 5) is 25.2. The van der Waals surface area contributed by atoms with Crippen LogP contribution in [0.2, 0.25) is 0 Å². The van der Waals surface area contributed by atoms with Crippen LogP contribution in [0.5, 0.6) is 0 Å². The van der Waals surface area contributed by atoms with Crippen LogP contribution < -0.4 is 0 Å². The van der Waals surface area contributed by atoms with Gasteiger partial charge in [0.25, 0.3) is 0 Å². The first-order valence-electron chi connectivity index (χ1n) is 9.22. The van der Waals surface area contributed by atoms with Crippen LogP contribution in [-0.2, 0) is 14.3 Å². The molecule has 3 N–H and O–H groups in total. The van der Waals surface area contributed by atoms with Crippen molar-refractivity contribution in [2.24, 2.45) is 34.5 Å². The van der Waals surface area contributed by atoms with E-state index in [0.29, 0.717) is 19.3 Å². The van der Waals surface area contributed by atoms with Crippen molar-refractivity contribution in [3.05, 3.63) is 12.2 Å². The Balaban J connectivity index is 1.78. The molecule has 0 aromatic carbocycles. The second-order valence-corrected chi connectivity index (χ2v) is 9.10. The average molecular weight is 348 g/mol. The zero-order valence-electron chi connectivity index (χ0n) is 14.3. The number of aliphatic carboxylic acids is 1. The molecule has 5 aliphatic rings. The van der Waals surface area contributed by atoms with Gasteiger partial charge in [0.1, 0.15) is 5.60 Å². The normalized spacial score (nSPS) is 58.7. The Morgan fingerprint density at radius 2 is 2.00 bits per heavy atom. The van der Waals surface area contributed by atoms with Crippen molar-refractivity contribution >= 4 is 11.9 Å². The van der Waals surface area contributed by atoms with Gasteiger partial charge in [-0.3, -0.25) is 9.59 Å². The number of hydrogen-bond donors (Lipinski definition) is 3. The first kappa shape index (κ1) is 15.8. The zero-order chi connectivity index (χ0) is 17.9. The van der Waals surface area contributed by atoms with Crippen LogP contribution in [0.4, 0.5) is 0 Å². The fraction of sp³-hybridized carbons (Fsp3) is 0.789. The van der Waals surface area contributed by atoms with Crippen LogP contribution in [0.1, 0.15) is 39.0 Å². The summed E-state index contributed by atoms with van der Waals surface area (Å²) in [7, 11) is 0. The molecular weight excluding hydrogens is 324 g/mol. The summed E-state index contributed by atoms with van der Waals surface area (Å²) in [5.74, 6) is -3.02. The molecule has 6 heteroatoms. The van der Waals surface area contributed by atoms with Gasteiger partial charge in [-0.15, -0.1) is 0 Å². The van der Waals surface area contributed by atoms with Gasteiger partial charge in [-0.05, 0) is 50.5 Å². The number of ether oxygens (including phenoxy) is 1. The zero-order valence-corrected chi connectivity index (χ0v) is 14.3. The number of carbonyl (C=O) groups is 2. The first-order valence-corrected chi connectivity index (χ1v) is 9.22. The number of aliphatic hydroxyl groups is 2. The number of carboxylic acids is 1. The lowest BCUT2D eigenvalue weighted by Crippen LogP contribution is -2.53. The third-order valence-electron chi connectivity index (χ3n) is 8.60. The Kier molecular flexibility index (Phi) is 2.71. The lowest BCUT2D eigenvalue weighted by molar-refractivity contribution is -0.166. The predicted octanol–water partition coefficient (Wildman–Crippen LogP) is 1.11. The molecule has 0 amide bonds. The minimum Gasteiger partial charge on any atom is -0.481 e. The lowest BCUT2D eigenvalue weighted by Gasteiger charge is -2.45. The predicted molar refractivity (Wildman–Crippen MR) is 85.2 cm³/mol. The van der Waals surface area contributed by atoms with E-state index in [9.17, 15) is 24.9 Å². The van der Waals surface area contributed by atoms with E-state index >= 15 is 0 Å². The maximum absolute atomic E-state index is 12.7. The third kappa shape index (κ3) is 1.37. The van der Waals surface area contributed by atoms with Crippen LogP contribution in [0.3, 0.4) is 0 Å². The molecule has 5 fully saturated rings. The van der Waals surface area contributed by atoms with Gasteiger partial charge in [0.05, 0.1) is 23.5 Å². The molecule has 136 valence electrons. The van der Waals surface area contributed by atoms with Crippen molar-refractivity contribution in [3.63, 3.8) is 0 Å². The fourth-order valence-corrected chi connectivity index (χ4v) is 7.67. The number of esters is 1. The van der Waals surface area contributed by atoms with Crippen molar-refractivity contribution in [1.29, 1.82) is 0 Å². The molecule has 1 heterocycles. The smallest absolute Gasteiger partial charge is 0.315 e. The number of fused-ring (bicyclic) bond motifs is 1. The van der Waals surface area contributed by atoms with Crippen molar-refractivity contribution in [3.8, 4) is 0 Å². The molecule has 6 nitrogen and oxygen atoms in total. The molecule has 1 saturated heterocycles. The minimum absolute atomic E-state index is 0.136. The van der Waals surface area contributed by atoms with E-state index in [1.165, 1.54) is 0 Å². The van der Waals surface area contributed by atoms with Crippen LogP contribution in [-0.4, -0.2) is 45.1 Å². The molecule has 4 aliphatic carbocycles. The highest BCUT2D eigenvalue weighted by Crippen LogP contribution is 2.77. The van der Waals surface area contributed by atoms with Gasteiger partial charge >= 0.3 is 11.9 Å². The van der Waals surface area contributed by atoms with Gasteiger partial charge in [0.15, 0.2) is 0 Å². The molecule has 4 saturated carbocycles. The van der Waals surface area contributed by atoms with E-state index in [1.54, 1.807) is 6.92 Å². The highest BCUT2D eigenvalue weighted by atomic mass is 16.6. The topological polar surface area (TPSA) is 104 Å². The van der Waals surface area contributed by atoms with Gasteiger partial charge in [-0.2, -0.15) is 0 Å². The summed E-state index contributed by atoms with van der Waals surface area (Å²) in [6, 6.07) is 0. The molecule has 5 rings (SSSR count). The Morgan fingerprint density at radius 1 is 1.28 bits per heavy atom. The SMILES string of the molecule is C=C1[C@@H]2CC[C@H]3[C@@]45CC[C@@H](O)[C@](C)(C(=O)O4)[C@H]5[C@H](C(=O)O)[C@]3(C2)[C@@H]1O. The fourth-order valence-electron chi connectivity index (χ4n) is 7.67. The van der Waals surface area contributed by atoms with E-state index in [2.05, 4.69) is 6.58 Å². The maximum atomic E-state index is 12.7. The second kappa shape index (κ2) is 4.29. The molecular formula is C19H24O6.